The van der Waals surface area contributed by atoms with E-state index < -0.39 is 10.0 Å². The van der Waals surface area contributed by atoms with Crippen LogP contribution in [0.4, 0.5) is 5.82 Å². The molecule has 1 fully saturated rings. The van der Waals surface area contributed by atoms with Crippen LogP contribution in [0.3, 0.4) is 0 Å². The summed E-state index contributed by atoms with van der Waals surface area (Å²) in [5.74, 6) is 2.65. The fourth-order valence-electron chi connectivity index (χ4n) is 3.68. The third-order valence-corrected chi connectivity index (χ3v) is 7.24. The van der Waals surface area contributed by atoms with Crippen molar-refractivity contribution in [3.8, 4) is 5.75 Å². The van der Waals surface area contributed by atoms with E-state index in [9.17, 15) is 8.42 Å². The van der Waals surface area contributed by atoms with Gasteiger partial charge in [-0.25, -0.2) is 18.4 Å². The SMILES string of the molecule is CCc1nc(C)nc(N2CCN(S(=O)(=O)CC)CC2)c1Cc1ccc(OC)cc1. The van der Waals surface area contributed by atoms with Crippen molar-refractivity contribution in [2.75, 3.05) is 43.9 Å². The predicted molar refractivity (Wildman–Crippen MR) is 115 cm³/mol. The topological polar surface area (TPSA) is 75.6 Å². The highest BCUT2D eigenvalue weighted by Gasteiger charge is 2.28. The van der Waals surface area contributed by atoms with Gasteiger partial charge >= 0.3 is 0 Å². The lowest BCUT2D eigenvalue weighted by Crippen LogP contribution is -2.49. The number of hydrogen-bond acceptors (Lipinski definition) is 6. The Bertz CT molecular complexity index is 937. The Hall–Kier alpha value is -2.19. The molecule has 8 heteroatoms. The first kappa shape index (κ1) is 21.5. The van der Waals surface area contributed by atoms with Gasteiger partial charge in [0.1, 0.15) is 17.4 Å². The molecular weight excluding hydrogens is 388 g/mol. The van der Waals surface area contributed by atoms with Crippen LogP contribution in [0.1, 0.15) is 36.5 Å². The van der Waals surface area contributed by atoms with Crippen LogP contribution >= 0.6 is 0 Å². The molecule has 0 bridgehead atoms. The van der Waals surface area contributed by atoms with Gasteiger partial charge in [-0.2, -0.15) is 4.31 Å². The molecule has 1 saturated heterocycles. The van der Waals surface area contributed by atoms with Crippen LogP contribution in [0.15, 0.2) is 24.3 Å². The van der Waals surface area contributed by atoms with Crippen LogP contribution in [0.25, 0.3) is 0 Å². The maximum atomic E-state index is 12.2. The molecule has 0 spiro atoms. The lowest BCUT2D eigenvalue weighted by Gasteiger charge is -2.35. The van der Waals surface area contributed by atoms with Crippen molar-refractivity contribution < 1.29 is 13.2 Å². The molecule has 7 nitrogen and oxygen atoms in total. The van der Waals surface area contributed by atoms with Gasteiger partial charge in [-0.1, -0.05) is 19.1 Å². The highest BCUT2D eigenvalue weighted by atomic mass is 32.2. The number of ether oxygens (including phenoxy) is 1. The third-order valence-electron chi connectivity index (χ3n) is 5.35. The highest BCUT2D eigenvalue weighted by molar-refractivity contribution is 7.89. The van der Waals surface area contributed by atoms with Gasteiger partial charge in [-0.15, -0.1) is 0 Å². The summed E-state index contributed by atoms with van der Waals surface area (Å²) in [6.07, 6.45) is 1.56. The molecule has 1 aliphatic heterocycles. The summed E-state index contributed by atoms with van der Waals surface area (Å²) < 4.78 is 31.2. The number of rotatable bonds is 7. The van der Waals surface area contributed by atoms with E-state index in [2.05, 4.69) is 28.9 Å². The van der Waals surface area contributed by atoms with Gasteiger partial charge in [0.15, 0.2) is 0 Å². The standard InChI is InChI=1S/C21H30N4O3S/c1-5-20-19(15-17-7-9-18(28-4)10-8-17)21(23-16(3)22-20)24-11-13-25(14-12-24)29(26,27)6-2/h7-10H,5-6,11-15H2,1-4H3. The quantitative estimate of drug-likeness (QED) is 0.687. The first-order valence-electron chi connectivity index (χ1n) is 10.1. The maximum Gasteiger partial charge on any atom is 0.213 e. The van der Waals surface area contributed by atoms with Crippen molar-refractivity contribution >= 4 is 15.8 Å². The van der Waals surface area contributed by atoms with Gasteiger partial charge in [-0.05, 0) is 38.0 Å². The molecule has 0 unspecified atom stereocenters. The minimum Gasteiger partial charge on any atom is -0.497 e. The van der Waals surface area contributed by atoms with Gasteiger partial charge < -0.3 is 9.64 Å². The summed E-state index contributed by atoms with van der Waals surface area (Å²) in [7, 11) is -1.49. The minimum atomic E-state index is -3.15. The van der Waals surface area contributed by atoms with Crippen LogP contribution < -0.4 is 9.64 Å². The minimum absolute atomic E-state index is 0.141. The highest BCUT2D eigenvalue weighted by Crippen LogP contribution is 2.27. The molecule has 0 saturated carbocycles. The summed E-state index contributed by atoms with van der Waals surface area (Å²) in [4.78, 5) is 11.6. The van der Waals surface area contributed by atoms with Crippen molar-refractivity contribution in [2.24, 2.45) is 0 Å². The van der Waals surface area contributed by atoms with Crippen LogP contribution in [0.2, 0.25) is 0 Å². The van der Waals surface area contributed by atoms with E-state index in [-0.39, 0.29) is 5.75 Å². The van der Waals surface area contributed by atoms with Crippen molar-refractivity contribution in [1.82, 2.24) is 14.3 Å². The van der Waals surface area contributed by atoms with E-state index in [1.165, 1.54) is 5.56 Å². The molecule has 0 N–H and O–H groups in total. The number of aryl methyl sites for hydroxylation is 2. The zero-order chi connectivity index (χ0) is 21.0. The number of nitrogens with zero attached hydrogens (tertiary/aromatic N) is 4. The van der Waals surface area contributed by atoms with Gasteiger partial charge in [0.25, 0.3) is 0 Å². The fourth-order valence-corrected chi connectivity index (χ4v) is 4.77. The van der Waals surface area contributed by atoms with Crippen molar-refractivity contribution in [1.29, 1.82) is 0 Å². The average molecular weight is 419 g/mol. The van der Waals surface area contributed by atoms with Gasteiger partial charge in [-0.3, -0.25) is 0 Å². The summed E-state index contributed by atoms with van der Waals surface area (Å²) in [5.41, 5.74) is 3.34. The molecule has 1 aromatic heterocycles. The number of benzene rings is 1. The molecule has 158 valence electrons. The van der Waals surface area contributed by atoms with Crippen molar-refractivity contribution in [3.05, 3.63) is 46.9 Å². The Morgan fingerprint density at radius 2 is 1.69 bits per heavy atom. The summed E-state index contributed by atoms with van der Waals surface area (Å²) >= 11 is 0. The smallest absolute Gasteiger partial charge is 0.213 e. The number of anilines is 1. The van der Waals surface area contributed by atoms with Gasteiger partial charge in [0.05, 0.1) is 12.9 Å². The van der Waals surface area contributed by atoms with E-state index in [1.54, 1.807) is 18.3 Å². The number of aromatic nitrogens is 2. The summed E-state index contributed by atoms with van der Waals surface area (Å²) in [6, 6.07) is 8.05. The number of sulfonamides is 1. The monoisotopic (exact) mass is 418 g/mol. The lowest BCUT2D eigenvalue weighted by atomic mass is 10.0. The second-order valence-corrected chi connectivity index (χ2v) is 9.44. The van der Waals surface area contributed by atoms with E-state index in [4.69, 9.17) is 9.72 Å². The maximum absolute atomic E-state index is 12.2. The molecule has 0 atom stereocenters. The second kappa shape index (κ2) is 9.09. The molecule has 0 aliphatic carbocycles. The van der Waals surface area contributed by atoms with E-state index >= 15 is 0 Å². The van der Waals surface area contributed by atoms with Crippen molar-refractivity contribution in [3.63, 3.8) is 0 Å². The Labute approximate surface area is 173 Å². The first-order chi connectivity index (χ1) is 13.9. The summed E-state index contributed by atoms with van der Waals surface area (Å²) in [5, 5.41) is 0. The van der Waals surface area contributed by atoms with Crippen LogP contribution in [0, 0.1) is 6.92 Å². The predicted octanol–water partition coefficient (Wildman–Crippen LogP) is 2.42. The molecule has 0 radical (unpaired) electrons. The molecule has 1 aromatic carbocycles. The van der Waals surface area contributed by atoms with Crippen LogP contribution in [-0.2, 0) is 22.9 Å². The van der Waals surface area contributed by atoms with Crippen LogP contribution in [-0.4, -0.2) is 61.7 Å². The zero-order valence-electron chi connectivity index (χ0n) is 17.7. The van der Waals surface area contributed by atoms with E-state index in [0.717, 1.165) is 41.5 Å². The van der Waals surface area contributed by atoms with Crippen LogP contribution in [0.5, 0.6) is 5.75 Å². The Morgan fingerprint density at radius 3 is 2.24 bits per heavy atom. The number of methoxy groups -OCH3 is 1. The molecule has 2 aromatic rings. The molecular formula is C21H30N4O3S. The number of piperazine rings is 1. The zero-order valence-corrected chi connectivity index (χ0v) is 18.5. The molecule has 2 heterocycles. The summed E-state index contributed by atoms with van der Waals surface area (Å²) in [6.45, 7) is 7.95. The number of hydrogen-bond donors (Lipinski definition) is 0. The third kappa shape index (κ3) is 4.87. The Kier molecular flexibility index (Phi) is 6.74. The second-order valence-electron chi connectivity index (χ2n) is 7.18. The van der Waals surface area contributed by atoms with E-state index in [0.29, 0.717) is 26.2 Å². The van der Waals surface area contributed by atoms with E-state index in [1.807, 2.05) is 19.1 Å². The van der Waals surface area contributed by atoms with Gasteiger partial charge in [0, 0.05) is 43.9 Å². The fraction of sp³-hybridized carbons (Fsp3) is 0.524. The molecule has 29 heavy (non-hydrogen) atoms. The van der Waals surface area contributed by atoms with Gasteiger partial charge in [0.2, 0.25) is 10.0 Å². The average Bonchev–Trinajstić information content (AvgIpc) is 2.75. The molecule has 3 rings (SSSR count). The Morgan fingerprint density at radius 1 is 1.03 bits per heavy atom. The lowest BCUT2D eigenvalue weighted by molar-refractivity contribution is 0.384. The Balaban J connectivity index is 1.89. The molecule has 1 aliphatic rings. The largest absolute Gasteiger partial charge is 0.497 e. The molecule has 0 amide bonds. The van der Waals surface area contributed by atoms with Crippen molar-refractivity contribution in [2.45, 2.75) is 33.6 Å². The normalized spacial score (nSPS) is 15.5. The first-order valence-corrected chi connectivity index (χ1v) is 11.7.